The lowest BCUT2D eigenvalue weighted by molar-refractivity contribution is -0.145. The highest BCUT2D eigenvalue weighted by molar-refractivity contribution is 6.37. The molecule has 0 aromatic carbocycles. The highest BCUT2D eigenvalue weighted by Crippen LogP contribution is 2.65. The number of hydrogen-bond acceptors (Lipinski definition) is 7. The number of likely N-dealkylation sites (tertiary alicyclic amines) is 1. The maximum absolute atomic E-state index is 14.3. The van der Waals surface area contributed by atoms with Gasteiger partial charge in [-0.25, -0.2) is 9.59 Å². The maximum atomic E-state index is 14.3. The van der Waals surface area contributed by atoms with Crippen molar-refractivity contribution in [3.05, 3.63) is 0 Å². The second-order valence-corrected chi connectivity index (χ2v) is 17.0. The summed E-state index contributed by atoms with van der Waals surface area (Å²) in [5.74, 6) is -2.17. The Morgan fingerprint density at radius 1 is 0.894 bits per heavy atom. The van der Waals surface area contributed by atoms with Gasteiger partial charge in [0.1, 0.15) is 18.7 Å². The van der Waals surface area contributed by atoms with Gasteiger partial charge in [0.25, 0.3) is 5.91 Å². The van der Waals surface area contributed by atoms with Crippen LogP contribution in [0.25, 0.3) is 0 Å². The van der Waals surface area contributed by atoms with Gasteiger partial charge >= 0.3 is 12.1 Å². The van der Waals surface area contributed by atoms with Crippen LogP contribution in [0.15, 0.2) is 0 Å². The third-order valence-electron chi connectivity index (χ3n) is 10.8. The standard InChI is InChI=1S/C34H56N6O7/c1-32(2,3)22(17-47-31(46)36-15-19-12-13-19)38-30(45)39-26(33(4,5)6)29(44)40-16-20-23(34(20,7)8)24(40)28(43)37-21(25(41)27(35)42)14-18-10-9-11-18/h18-24,26H,9-17H2,1-8H3,(H2,35,42)(H,36,46)(H,37,43)(H2,38,39,45)/t20-,21?,22+,23-,24-,26+/m0/s1. The van der Waals surface area contributed by atoms with Gasteiger partial charge in [0.05, 0.1) is 12.1 Å². The van der Waals surface area contributed by atoms with Gasteiger partial charge in [-0.05, 0) is 59.2 Å². The molecule has 47 heavy (non-hydrogen) atoms. The molecule has 0 aromatic heterocycles. The van der Waals surface area contributed by atoms with Crippen LogP contribution in [0.5, 0.6) is 0 Å². The fraction of sp³-hybridized carbons (Fsp3) is 0.824. The number of alkyl carbamates (subject to hydrolysis) is 1. The lowest BCUT2D eigenvalue weighted by Crippen LogP contribution is -2.62. The SMILES string of the molecule is CC(C)(C)[C@H](NC(=O)N[C@H](COC(=O)NCC1CC1)C(C)(C)C)C(=O)N1C[C@H]2[C@@H]([C@H]1C(=O)NC(CC1CCC1)C(=O)C(N)=O)C2(C)C. The van der Waals surface area contributed by atoms with Crippen LogP contribution in [-0.4, -0.2) is 84.4 Å². The molecule has 1 saturated heterocycles. The van der Waals surface area contributed by atoms with E-state index >= 15 is 0 Å². The largest absolute Gasteiger partial charge is 0.447 e. The number of primary amides is 1. The quantitative estimate of drug-likeness (QED) is 0.188. The van der Waals surface area contributed by atoms with E-state index in [1.165, 1.54) is 4.90 Å². The molecular formula is C34H56N6O7. The van der Waals surface area contributed by atoms with Crippen molar-refractivity contribution >= 4 is 35.6 Å². The van der Waals surface area contributed by atoms with Crippen molar-refractivity contribution in [2.75, 3.05) is 19.7 Å². The van der Waals surface area contributed by atoms with E-state index in [0.29, 0.717) is 25.4 Å². The molecule has 3 saturated carbocycles. The molecule has 1 unspecified atom stereocenters. The number of nitrogens with one attached hydrogen (secondary N) is 4. The summed E-state index contributed by atoms with van der Waals surface area (Å²) in [7, 11) is 0. The topological polar surface area (TPSA) is 189 Å². The summed E-state index contributed by atoms with van der Waals surface area (Å²) in [4.78, 5) is 80.0. The number of urea groups is 1. The van der Waals surface area contributed by atoms with E-state index in [4.69, 9.17) is 10.5 Å². The van der Waals surface area contributed by atoms with Crippen LogP contribution < -0.4 is 27.0 Å². The zero-order valence-electron chi connectivity index (χ0n) is 29.4. The first-order chi connectivity index (χ1) is 21.7. The lowest BCUT2D eigenvalue weighted by atomic mass is 9.80. The van der Waals surface area contributed by atoms with Crippen molar-refractivity contribution in [3.63, 3.8) is 0 Å². The summed E-state index contributed by atoms with van der Waals surface area (Å²) >= 11 is 0. The van der Waals surface area contributed by atoms with Crippen molar-refractivity contribution < 1.29 is 33.5 Å². The number of nitrogens with zero attached hydrogens (tertiary/aromatic N) is 1. The summed E-state index contributed by atoms with van der Waals surface area (Å²) in [6.07, 6.45) is 4.85. The predicted octanol–water partition coefficient (Wildman–Crippen LogP) is 2.46. The fourth-order valence-corrected chi connectivity index (χ4v) is 6.95. The second kappa shape index (κ2) is 13.6. The molecule has 1 heterocycles. The van der Waals surface area contributed by atoms with Crippen molar-refractivity contribution in [3.8, 4) is 0 Å². The number of piperidine rings is 1. The molecule has 13 nitrogen and oxygen atoms in total. The number of ether oxygens (including phenoxy) is 1. The molecule has 1 aliphatic heterocycles. The highest BCUT2D eigenvalue weighted by Gasteiger charge is 2.70. The Bertz CT molecular complexity index is 1250. The minimum atomic E-state index is -1.10. The Balaban J connectivity index is 1.46. The van der Waals surface area contributed by atoms with E-state index in [9.17, 15) is 28.8 Å². The Kier molecular flexibility index (Phi) is 10.6. The number of carbonyl (C=O) groups excluding carboxylic acids is 6. The average Bonchev–Trinajstić information content (AvgIpc) is 3.80. The number of hydrogen-bond donors (Lipinski definition) is 5. The molecular weight excluding hydrogens is 604 g/mol. The Labute approximate surface area is 278 Å². The number of Topliss-reactive ketones (excluding diaryl/α,β-unsaturated/α-hetero) is 1. The molecule has 6 amide bonds. The van der Waals surface area contributed by atoms with Crippen molar-refractivity contribution in [1.29, 1.82) is 0 Å². The average molecular weight is 661 g/mol. The summed E-state index contributed by atoms with van der Waals surface area (Å²) in [5, 5.41) is 11.3. The van der Waals surface area contributed by atoms with Crippen LogP contribution in [0, 0.1) is 39.9 Å². The molecule has 0 bridgehead atoms. The maximum Gasteiger partial charge on any atom is 0.407 e. The minimum Gasteiger partial charge on any atom is -0.447 e. The van der Waals surface area contributed by atoms with E-state index in [1.54, 1.807) is 0 Å². The smallest absolute Gasteiger partial charge is 0.407 e. The first kappa shape index (κ1) is 36.5. The molecule has 6 atom stereocenters. The van der Waals surface area contributed by atoms with Gasteiger partial charge in [-0.1, -0.05) is 74.7 Å². The van der Waals surface area contributed by atoms with E-state index < -0.39 is 70.6 Å². The van der Waals surface area contributed by atoms with Crippen LogP contribution in [0.1, 0.15) is 93.9 Å². The van der Waals surface area contributed by atoms with Crippen LogP contribution >= 0.6 is 0 Å². The van der Waals surface area contributed by atoms with Crippen LogP contribution in [0.3, 0.4) is 0 Å². The molecule has 6 N–H and O–H groups in total. The summed E-state index contributed by atoms with van der Waals surface area (Å²) < 4.78 is 5.42. The minimum absolute atomic E-state index is 0.0551. The molecule has 3 aliphatic carbocycles. The van der Waals surface area contributed by atoms with E-state index in [-0.39, 0.29) is 29.8 Å². The lowest BCUT2D eigenvalue weighted by Gasteiger charge is -2.39. The van der Waals surface area contributed by atoms with Gasteiger partial charge < -0.3 is 36.6 Å². The van der Waals surface area contributed by atoms with Gasteiger partial charge in [-0.2, -0.15) is 0 Å². The van der Waals surface area contributed by atoms with E-state index in [0.717, 1.165) is 32.1 Å². The number of amides is 6. The molecule has 264 valence electrons. The zero-order valence-corrected chi connectivity index (χ0v) is 29.4. The number of ketones is 1. The molecule has 4 aliphatic rings. The summed E-state index contributed by atoms with van der Waals surface area (Å²) in [6.45, 7) is 16.2. The fourth-order valence-electron chi connectivity index (χ4n) is 6.95. The molecule has 0 aromatic rings. The second-order valence-electron chi connectivity index (χ2n) is 17.0. The van der Waals surface area contributed by atoms with Crippen LogP contribution in [-0.2, 0) is 23.9 Å². The van der Waals surface area contributed by atoms with E-state index in [2.05, 4.69) is 35.1 Å². The predicted molar refractivity (Wildman–Crippen MR) is 175 cm³/mol. The van der Waals surface area contributed by atoms with Crippen molar-refractivity contribution in [2.45, 2.75) is 118 Å². The number of nitrogens with two attached hydrogens (primary N) is 1. The Hall–Kier alpha value is -3.38. The first-order valence-electron chi connectivity index (χ1n) is 17.1. The molecule has 13 heteroatoms. The number of rotatable bonds is 13. The third-order valence-corrected chi connectivity index (χ3v) is 10.8. The molecule has 4 rings (SSSR count). The van der Waals surface area contributed by atoms with Crippen molar-refractivity contribution in [1.82, 2.24) is 26.2 Å². The molecule has 0 radical (unpaired) electrons. The number of fused-ring (bicyclic) bond motifs is 1. The summed E-state index contributed by atoms with van der Waals surface area (Å²) in [5.41, 5.74) is 3.93. The Morgan fingerprint density at radius 2 is 1.53 bits per heavy atom. The van der Waals surface area contributed by atoms with Gasteiger partial charge in [-0.3, -0.25) is 19.2 Å². The van der Waals surface area contributed by atoms with Gasteiger partial charge in [-0.15, -0.1) is 0 Å². The van der Waals surface area contributed by atoms with Gasteiger partial charge in [0.2, 0.25) is 17.6 Å². The third kappa shape index (κ3) is 8.76. The van der Waals surface area contributed by atoms with Crippen LogP contribution in [0.4, 0.5) is 9.59 Å². The first-order valence-corrected chi connectivity index (χ1v) is 17.1. The van der Waals surface area contributed by atoms with Gasteiger partial charge in [0, 0.05) is 13.1 Å². The summed E-state index contributed by atoms with van der Waals surface area (Å²) in [6, 6.07) is -4.07. The molecule has 0 spiro atoms. The van der Waals surface area contributed by atoms with Gasteiger partial charge in [0.15, 0.2) is 0 Å². The monoisotopic (exact) mass is 660 g/mol. The highest BCUT2D eigenvalue weighted by atomic mass is 16.5. The van der Waals surface area contributed by atoms with Crippen molar-refractivity contribution in [2.24, 2.45) is 45.7 Å². The number of carbonyl (C=O) groups is 6. The zero-order chi connectivity index (χ0) is 35.1. The normalized spacial score (nSPS) is 25.3. The Morgan fingerprint density at radius 3 is 2.04 bits per heavy atom. The van der Waals surface area contributed by atoms with E-state index in [1.807, 2.05) is 41.5 Å². The van der Waals surface area contributed by atoms with Crippen LogP contribution in [0.2, 0.25) is 0 Å². The molecule has 4 fully saturated rings.